The van der Waals surface area contributed by atoms with E-state index in [9.17, 15) is 9.00 Å². The number of carbonyl (C=O) groups excluding carboxylic acids is 1. The van der Waals surface area contributed by atoms with E-state index in [0.717, 1.165) is 10.8 Å². The Morgan fingerprint density at radius 2 is 2.05 bits per heavy atom. The van der Waals surface area contributed by atoms with Crippen LogP contribution in [-0.2, 0) is 10.8 Å². The Morgan fingerprint density at radius 3 is 2.68 bits per heavy atom. The monoisotopic (exact) mass is 312 g/mol. The van der Waals surface area contributed by atoms with Crippen molar-refractivity contribution in [2.24, 2.45) is 0 Å². The maximum absolute atomic E-state index is 12.3. The summed E-state index contributed by atoms with van der Waals surface area (Å²) in [6.07, 6.45) is 3.34. The first kappa shape index (κ1) is 14.6. The molecule has 0 aliphatic carbocycles. The first-order valence-electron chi connectivity index (χ1n) is 5.62. The summed E-state index contributed by atoms with van der Waals surface area (Å²) in [6.45, 7) is 0. The van der Waals surface area contributed by atoms with Crippen LogP contribution in [0.5, 0.6) is 0 Å². The van der Waals surface area contributed by atoms with Crippen molar-refractivity contribution in [3.63, 3.8) is 0 Å². The standard InChI is InChI=1S/C14H13ClO2S2/c1-18-14(19(2)17)13(16)10-7-6-9-4-3-5-12(15)11(9)8-10/h3-8,14H,1-2H3/t14-,19+/m1/s1. The zero-order chi connectivity index (χ0) is 14.0. The molecule has 0 saturated heterocycles. The van der Waals surface area contributed by atoms with Gasteiger partial charge >= 0.3 is 0 Å². The molecule has 0 amide bonds. The second kappa shape index (κ2) is 6.07. The minimum atomic E-state index is -1.19. The number of hydrogen-bond acceptors (Lipinski definition) is 3. The van der Waals surface area contributed by atoms with Crippen molar-refractivity contribution in [1.82, 2.24) is 0 Å². The van der Waals surface area contributed by atoms with Gasteiger partial charge in [-0.1, -0.05) is 35.9 Å². The highest BCUT2D eigenvalue weighted by Gasteiger charge is 2.22. The lowest BCUT2D eigenvalue weighted by atomic mass is 10.0. The van der Waals surface area contributed by atoms with Crippen LogP contribution in [0.2, 0.25) is 5.02 Å². The molecule has 0 N–H and O–H groups in total. The molecule has 0 saturated carbocycles. The number of hydrogen-bond donors (Lipinski definition) is 0. The molecule has 100 valence electrons. The van der Waals surface area contributed by atoms with Gasteiger partial charge in [-0.05, 0) is 23.8 Å². The quantitative estimate of drug-likeness (QED) is 0.806. The summed E-state index contributed by atoms with van der Waals surface area (Å²) in [5.41, 5.74) is 0.551. The second-order valence-corrected chi connectivity index (χ2v) is 7.22. The molecule has 0 unspecified atom stereocenters. The van der Waals surface area contributed by atoms with Crippen molar-refractivity contribution >= 4 is 50.7 Å². The van der Waals surface area contributed by atoms with E-state index >= 15 is 0 Å². The Balaban J connectivity index is 2.49. The van der Waals surface area contributed by atoms with Crippen molar-refractivity contribution in [3.05, 3.63) is 47.0 Å². The van der Waals surface area contributed by atoms with Gasteiger partial charge in [0.15, 0.2) is 5.78 Å². The van der Waals surface area contributed by atoms with Gasteiger partial charge in [0.1, 0.15) is 4.58 Å². The predicted octanol–water partition coefficient (Wildman–Crippen LogP) is 3.74. The lowest BCUT2D eigenvalue weighted by Crippen LogP contribution is -2.21. The Labute approximate surface area is 124 Å². The van der Waals surface area contributed by atoms with Crippen molar-refractivity contribution < 1.29 is 9.00 Å². The molecule has 2 aromatic rings. The maximum atomic E-state index is 12.3. The van der Waals surface area contributed by atoms with Crippen LogP contribution in [-0.4, -0.2) is 27.1 Å². The number of halogens is 1. The Hall–Kier alpha value is -0.840. The molecular weight excluding hydrogens is 300 g/mol. The van der Waals surface area contributed by atoms with Gasteiger partial charge in [0, 0.05) is 33.0 Å². The van der Waals surface area contributed by atoms with Crippen molar-refractivity contribution in [1.29, 1.82) is 0 Å². The minimum absolute atomic E-state index is 0.116. The van der Waals surface area contributed by atoms with E-state index in [4.69, 9.17) is 11.6 Å². The molecule has 5 heteroatoms. The van der Waals surface area contributed by atoms with Crippen LogP contribution >= 0.6 is 23.4 Å². The number of ketones is 1. The van der Waals surface area contributed by atoms with Gasteiger partial charge in [0.2, 0.25) is 0 Å². The maximum Gasteiger partial charge on any atom is 0.188 e. The van der Waals surface area contributed by atoms with Gasteiger partial charge in [-0.15, -0.1) is 11.8 Å². The molecule has 0 fully saturated rings. The Morgan fingerprint density at radius 1 is 1.32 bits per heavy atom. The van der Waals surface area contributed by atoms with Crippen molar-refractivity contribution in [2.75, 3.05) is 12.5 Å². The lowest BCUT2D eigenvalue weighted by Gasteiger charge is -2.11. The summed E-state index contributed by atoms with van der Waals surface area (Å²) in [7, 11) is -1.19. The fourth-order valence-corrected chi connectivity index (χ4v) is 4.03. The van der Waals surface area contributed by atoms with Gasteiger partial charge in [0.25, 0.3) is 0 Å². The van der Waals surface area contributed by atoms with Crippen LogP contribution < -0.4 is 0 Å². The van der Waals surface area contributed by atoms with Crippen molar-refractivity contribution in [3.8, 4) is 0 Å². The summed E-state index contributed by atoms with van der Waals surface area (Å²) in [4.78, 5) is 12.3. The van der Waals surface area contributed by atoms with E-state index in [2.05, 4.69) is 0 Å². The van der Waals surface area contributed by atoms with Crippen LogP contribution in [0.4, 0.5) is 0 Å². The number of rotatable bonds is 4. The minimum Gasteiger partial charge on any atom is -0.292 e. The van der Waals surface area contributed by atoms with E-state index in [1.54, 1.807) is 30.7 Å². The normalized spacial score (nSPS) is 14.3. The van der Waals surface area contributed by atoms with Gasteiger partial charge < -0.3 is 0 Å². The van der Waals surface area contributed by atoms with E-state index in [1.807, 2.05) is 18.2 Å². The summed E-state index contributed by atoms with van der Waals surface area (Å²) < 4.78 is 11.0. The number of fused-ring (bicyclic) bond motifs is 1. The van der Waals surface area contributed by atoms with Gasteiger partial charge in [-0.25, -0.2) is 0 Å². The van der Waals surface area contributed by atoms with E-state index < -0.39 is 15.4 Å². The van der Waals surface area contributed by atoms with E-state index in [-0.39, 0.29) is 5.78 Å². The largest absolute Gasteiger partial charge is 0.292 e. The molecule has 2 aromatic carbocycles. The van der Waals surface area contributed by atoms with Gasteiger partial charge in [0.05, 0.1) is 0 Å². The van der Waals surface area contributed by atoms with Crippen LogP contribution in [0, 0.1) is 0 Å². The molecule has 2 nitrogen and oxygen atoms in total. The van der Waals surface area contributed by atoms with Crippen LogP contribution in [0.25, 0.3) is 10.8 Å². The fraction of sp³-hybridized carbons (Fsp3) is 0.214. The molecule has 2 rings (SSSR count). The predicted molar refractivity (Wildman–Crippen MR) is 84.7 cm³/mol. The second-order valence-electron chi connectivity index (χ2n) is 4.11. The van der Waals surface area contributed by atoms with Crippen LogP contribution in [0.1, 0.15) is 10.4 Å². The zero-order valence-corrected chi connectivity index (χ0v) is 12.9. The summed E-state index contributed by atoms with van der Waals surface area (Å²) in [5.74, 6) is -0.116. The summed E-state index contributed by atoms with van der Waals surface area (Å²) in [5, 5.41) is 2.45. The Kier molecular flexibility index (Phi) is 4.66. The molecule has 0 bridgehead atoms. The third kappa shape index (κ3) is 3.02. The number of Topliss-reactive ketones (excluding diaryl/α,β-unsaturated/α-hetero) is 1. The molecule has 2 atom stereocenters. The Bertz CT molecular complexity index is 655. The molecule has 0 aromatic heterocycles. The average molecular weight is 313 g/mol. The summed E-state index contributed by atoms with van der Waals surface area (Å²) >= 11 is 7.44. The van der Waals surface area contributed by atoms with Crippen LogP contribution in [0.3, 0.4) is 0 Å². The van der Waals surface area contributed by atoms with Crippen LogP contribution in [0.15, 0.2) is 36.4 Å². The van der Waals surface area contributed by atoms with E-state index in [1.165, 1.54) is 11.8 Å². The molecule has 0 aliphatic rings. The average Bonchev–Trinajstić information content (AvgIpc) is 2.39. The number of carbonyl (C=O) groups is 1. The zero-order valence-electron chi connectivity index (χ0n) is 10.6. The SMILES string of the molecule is CS[C@@H](C(=O)c1ccc2cccc(Cl)c2c1)[S@](C)=O. The molecule has 0 radical (unpaired) electrons. The molecular formula is C14H13ClO2S2. The number of benzene rings is 2. The van der Waals surface area contributed by atoms with Gasteiger partial charge in [-0.3, -0.25) is 9.00 Å². The highest BCUT2D eigenvalue weighted by Crippen LogP contribution is 2.26. The van der Waals surface area contributed by atoms with E-state index in [0.29, 0.717) is 10.6 Å². The fourth-order valence-electron chi connectivity index (χ4n) is 1.92. The highest BCUT2D eigenvalue weighted by molar-refractivity contribution is 8.11. The van der Waals surface area contributed by atoms with Crippen molar-refractivity contribution in [2.45, 2.75) is 4.58 Å². The summed E-state index contributed by atoms with van der Waals surface area (Å²) in [6, 6.07) is 11.0. The number of thioether (sulfide) groups is 1. The topological polar surface area (TPSA) is 34.1 Å². The lowest BCUT2D eigenvalue weighted by molar-refractivity contribution is 0.101. The smallest absolute Gasteiger partial charge is 0.188 e. The highest BCUT2D eigenvalue weighted by atomic mass is 35.5. The molecule has 0 aliphatic heterocycles. The molecule has 19 heavy (non-hydrogen) atoms. The van der Waals surface area contributed by atoms with Gasteiger partial charge in [-0.2, -0.15) is 0 Å². The first-order valence-corrected chi connectivity index (χ1v) is 8.91. The third-order valence-corrected chi connectivity index (χ3v) is 6.02. The molecule has 0 spiro atoms. The molecule has 0 heterocycles. The third-order valence-electron chi connectivity index (χ3n) is 2.84. The first-order chi connectivity index (χ1) is 9.04.